The molecule has 1 radical (unpaired) electrons. The molecule has 2 aromatic carbocycles. The molecule has 0 saturated heterocycles. The van der Waals surface area contributed by atoms with Crippen LogP contribution in [0, 0.1) is 5.82 Å². The van der Waals surface area contributed by atoms with Crippen molar-refractivity contribution in [1.29, 1.82) is 0 Å². The maximum Gasteiger partial charge on any atom is 0.271 e. The fourth-order valence-electron chi connectivity index (χ4n) is 4.64. The highest BCUT2D eigenvalue weighted by Crippen LogP contribution is 2.27. The lowest BCUT2D eigenvalue weighted by atomic mass is 9.98. The molecule has 2 amide bonds. The number of anilines is 1. The van der Waals surface area contributed by atoms with Crippen molar-refractivity contribution >= 4 is 55.1 Å². The summed E-state index contributed by atoms with van der Waals surface area (Å²) in [4.78, 5) is 57.8. The Kier molecular flexibility index (Phi) is 8.39. The minimum atomic E-state index is -1.58. The Morgan fingerprint density at radius 2 is 1.81 bits per heavy atom. The van der Waals surface area contributed by atoms with Crippen LogP contribution in [0.2, 0.25) is 16.6 Å². The maximum absolute atomic E-state index is 14.0. The third-order valence-corrected chi connectivity index (χ3v) is 9.48. The molecule has 0 fully saturated rings. The van der Waals surface area contributed by atoms with Crippen LogP contribution in [0.5, 0.6) is 0 Å². The molecule has 0 bridgehead atoms. The molecule has 10 nitrogen and oxygen atoms in total. The number of fused-ring (bicyclic) bond motifs is 1. The summed E-state index contributed by atoms with van der Waals surface area (Å²) in [6.07, 6.45) is 2.86. The van der Waals surface area contributed by atoms with E-state index in [4.69, 9.17) is 28.2 Å². The summed E-state index contributed by atoms with van der Waals surface area (Å²) in [5.74, 6) is -0.683. The van der Waals surface area contributed by atoms with E-state index in [1.807, 2.05) is 13.5 Å². The van der Waals surface area contributed by atoms with Crippen molar-refractivity contribution in [3.05, 3.63) is 104 Å². The number of benzene rings is 2. The zero-order valence-corrected chi connectivity index (χ0v) is 25.3. The SMILES string of the molecule is CNC(=O)c1cnc(-n2c(N[Si](C)c3ccc(F)cc3)nc3c(c2=O)C[C@@H](C)N(C(=O)c2ccc(Cl)c(Cl)c2)C3)cn1. The van der Waals surface area contributed by atoms with E-state index in [9.17, 15) is 18.8 Å². The third-order valence-electron chi connectivity index (χ3n) is 6.94. The molecule has 0 aliphatic carbocycles. The van der Waals surface area contributed by atoms with Gasteiger partial charge in [0.15, 0.2) is 5.82 Å². The zero-order chi connectivity index (χ0) is 30.1. The van der Waals surface area contributed by atoms with Crippen molar-refractivity contribution in [2.24, 2.45) is 0 Å². The van der Waals surface area contributed by atoms with Crippen LogP contribution in [-0.4, -0.2) is 58.3 Å². The summed E-state index contributed by atoms with van der Waals surface area (Å²) >= 11 is 12.2. The van der Waals surface area contributed by atoms with Gasteiger partial charge in [0.25, 0.3) is 17.4 Å². The van der Waals surface area contributed by atoms with E-state index in [0.717, 1.165) is 5.19 Å². The van der Waals surface area contributed by atoms with Crippen molar-refractivity contribution in [3.8, 4) is 5.82 Å². The van der Waals surface area contributed by atoms with Crippen molar-refractivity contribution in [1.82, 2.24) is 29.7 Å². The molecule has 0 spiro atoms. The number of nitrogens with zero attached hydrogens (tertiary/aromatic N) is 5. The lowest BCUT2D eigenvalue weighted by Crippen LogP contribution is -2.46. The maximum atomic E-state index is 14.0. The van der Waals surface area contributed by atoms with Gasteiger partial charge in [-0.1, -0.05) is 35.3 Å². The van der Waals surface area contributed by atoms with Crippen LogP contribution in [-0.2, 0) is 13.0 Å². The molecule has 1 aliphatic heterocycles. The van der Waals surface area contributed by atoms with Gasteiger partial charge in [-0.25, -0.2) is 23.9 Å². The molecular weight excluding hydrogens is 600 g/mol. The molecule has 4 aromatic rings. The van der Waals surface area contributed by atoms with Gasteiger partial charge in [0.05, 0.1) is 34.7 Å². The molecule has 0 saturated carbocycles. The lowest BCUT2D eigenvalue weighted by molar-refractivity contribution is 0.0653. The highest BCUT2D eigenvalue weighted by atomic mass is 35.5. The van der Waals surface area contributed by atoms with E-state index in [1.54, 1.807) is 29.2 Å². The topological polar surface area (TPSA) is 122 Å². The fraction of sp³-hybridized carbons (Fsp3) is 0.214. The van der Waals surface area contributed by atoms with E-state index in [1.165, 1.54) is 42.2 Å². The van der Waals surface area contributed by atoms with Crippen LogP contribution in [0.25, 0.3) is 5.82 Å². The van der Waals surface area contributed by atoms with Crippen molar-refractivity contribution < 1.29 is 14.0 Å². The highest BCUT2D eigenvalue weighted by Gasteiger charge is 2.32. The molecule has 215 valence electrons. The predicted molar refractivity (Wildman–Crippen MR) is 160 cm³/mol. The minimum Gasteiger partial charge on any atom is -0.377 e. The van der Waals surface area contributed by atoms with Gasteiger partial charge in [0, 0.05) is 24.2 Å². The third kappa shape index (κ3) is 5.78. The number of nitrogens with one attached hydrogen (secondary N) is 2. The van der Waals surface area contributed by atoms with Crippen molar-refractivity contribution in [2.45, 2.75) is 32.5 Å². The summed E-state index contributed by atoms with van der Waals surface area (Å²) in [6.45, 7) is 3.88. The van der Waals surface area contributed by atoms with Gasteiger partial charge in [-0.2, -0.15) is 0 Å². The number of amides is 2. The minimum absolute atomic E-state index is 0.0873. The molecule has 2 N–H and O–H groups in total. The summed E-state index contributed by atoms with van der Waals surface area (Å²) in [5.41, 5.74) is 0.968. The quantitative estimate of drug-likeness (QED) is 0.315. The Balaban J connectivity index is 1.57. The van der Waals surface area contributed by atoms with E-state index in [2.05, 4.69) is 20.3 Å². The summed E-state index contributed by atoms with van der Waals surface area (Å²) in [5, 5.41) is 3.94. The van der Waals surface area contributed by atoms with Crippen LogP contribution >= 0.6 is 23.2 Å². The standard InChI is InChI=1S/C28H25Cl2FN7O3Si/c1-15-10-19-23(14-37(15)26(40)16-4-9-20(29)21(30)11-16)35-28(36-42(3)18-7-5-17(31)6-8-18)38(27(19)41)24-13-33-22(12-34-24)25(39)32-2/h4-9,11-13,15H,10,14H2,1-3H3,(H,32,39)(H,35,36)/t15-/m1/s1. The Labute approximate surface area is 252 Å². The Bertz CT molecular complexity index is 1740. The van der Waals surface area contributed by atoms with E-state index < -0.39 is 14.9 Å². The summed E-state index contributed by atoms with van der Waals surface area (Å²) in [6, 6.07) is 10.5. The zero-order valence-electron chi connectivity index (χ0n) is 22.8. The monoisotopic (exact) mass is 624 g/mol. The Morgan fingerprint density at radius 3 is 2.45 bits per heavy atom. The van der Waals surface area contributed by atoms with E-state index in [-0.39, 0.29) is 58.8 Å². The molecule has 0 unspecified atom stereocenters. The first-order valence-electron chi connectivity index (χ1n) is 12.9. The molecule has 14 heteroatoms. The number of carbonyl (C=O) groups is 2. The van der Waals surface area contributed by atoms with Gasteiger partial charge in [0.1, 0.15) is 11.5 Å². The molecule has 1 aliphatic rings. The van der Waals surface area contributed by atoms with Crippen LogP contribution in [0.3, 0.4) is 0 Å². The van der Waals surface area contributed by atoms with Crippen LogP contribution < -0.4 is 21.0 Å². The van der Waals surface area contributed by atoms with Gasteiger partial charge < -0.3 is 15.2 Å². The predicted octanol–water partition coefficient (Wildman–Crippen LogP) is 3.36. The molecule has 1 atom stereocenters. The van der Waals surface area contributed by atoms with Gasteiger partial charge >= 0.3 is 0 Å². The first-order valence-corrected chi connectivity index (χ1v) is 15.6. The average Bonchev–Trinajstić information content (AvgIpc) is 2.98. The summed E-state index contributed by atoms with van der Waals surface area (Å²) < 4.78 is 14.9. The molecule has 5 rings (SSSR count). The van der Waals surface area contributed by atoms with Gasteiger partial charge in [0.2, 0.25) is 14.9 Å². The first kappa shape index (κ1) is 29.4. The number of hydrogen-bond donors (Lipinski definition) is 2. The number of aromatic nitrogens is 4. The molecule has 3 heterocycles. The summed E-state index contributed by atoms with van der Waals surface area (Å²) in [7, 11) is -0.102. The molecule has 42 heavy (non-hydrogen) atoms. The van der Waals surface area contributed by atoms with Gasteiger partial charge in [-0.3, -0.25) is 14.4 Å². The Hall–Kier alpha value is -4.13. The number of carbonyl (C=O) groups excluding carboxylic acids is 2. The van der Waals surface area contributed by atoms with Crippen molar-refractivity contribution in [2.75, 3.05) is 12.0 Å². The van der Waals surface area contributed by atoms with Crippen LogP contribution in [0.4, 0.5) is 10.3 Å². The van der Waals surface area contributed by atoms with Crippen LogP contribution in [0.1, 0.15) is 39.0 Å². The lowest BCUT2D eigenvalue weighted by Gasteiger charge is -2.34. The molecule has 2 aromatic heterocycles. The highest BCUT2D eigenvalue weighted by molar-refractivity contribution is 6.74. The smallest absolute Gasteiger partial charge is 0.271 e. The second-order valence-electron chi connectivity index (χ2n) is 9.71. The number of halogens is 3. The largest absolute Gasteiger partial charge is 0.377 e. The van der Waals surface area contributed by atoms with Crippen LogP contribution in [0.15, 0.2) is 59.7 Å². The molecular formula is C28H25Cl2FN7O3Si. The van der Waals surface area contributed by atoms with Crippen molar-refractivity contribution in [3.63, 3.8) is 0 Å². The first-order chi connectivity index (χ1) is 20.1. The van der Waals surface area contributed by atoms with E-state index >= 15 is 0 Å². The normalized spacial score (nSPS) is 14.5. The Morgan fingerprint density at radius 1 is 1.07 bits per heavy atom. The number of rotatable bonds is 6. The van der Waals surface area contributed by atoms with Gasteiger partial charge in [-0.05, 0) is 55.4 Å². The van der Waals surface area contributed by atoms with E-state index in [0.29, 0.717) is 21.8 Å². The second kappa shape index (κ2) is 12.0. The average molecular weight is 626 g/mol. The number of hydrogen-bond acceptors (Lipinski definition) is 7. The fourth-order valence-corrected chi connectivity index (χ4v) is 6.26. The second-order valence-corrected chi connectivity index (χ2v) is 12.6. The van der Waals surface area contributed by atoms with Gasteiger partial charge in [-0.15, -0.1) is 0 Å².